The van der Waals surface area contributed by atoms with Crippen LogP contribution in [0.15, 0.2) is 41.8 Å². The van der Waals surface area contributed by atoms with Crippen LogP contribution >= 0.6 is 11.3 Å². The van der Waals surface area contributed by atoms with Crippen molar-refractivity contribution in [2.45, 2.75) is 12.6 Å². The van der Waals surface area contributed by atoms with Gasteiger partial charge in [0.2, 0.25) is 0 Å². The molecule has 1 heterocycles. The van der Waals surface area contributed by atoms with E-state index in [4.69, 9.17) is 4.74 Å². The highest BCUT2D eigenvalue weighted by atomic mass is 32.1. The maximum absolute atomic E-state index is 12.2. The number of ether oxygens (including phenoxy) is 1. The molecule has 6 heteroatoms. The van der Waals surface area contributed by atoms with Crippen LogP contribution in [-0.4, -0.2) is 38.7 Å². The van der Waals surface area contributed by atoms with E-state index >= 15 is 0 Å². The maximum Gasteiger partial charge on any atom is 0.319 e. The van der Waals surface area contributed by atoms with Gasteiger partial charge in [0.1, 0.15) is 0 Å². The second kappa shape index (κ2) is 8.67. The Morgan fingerprint density at radius 3 is 2.70 bits per heavy atom. The number of para-hydroxylation sites is 1. The number of carbonyl (C=O) groups is 1. The molecule has 1 aromatic heterocycles. The molecule has 0 aliphatic carbocycles. The zero-order valence-corrected chi connectivity index (χ0v) is 14.5. The van der Waals surface area contributed by atoms with Crippen LogP contribution in [0, 0.1) is 0 Å². The highest BCUT2D eigenvalue weighted by Gasteiger charge is 2.16. The summed E-state index contributed by atoms with van der Waals surface area (Å²) in [6.45, 7) is 1.01. The van der Waals surface area contributed by atoms with E-state index in [0.29, 0.717) is 13.2 Å². The summed E-state index contributed by atoms with van der Waals surface area (Å²) in [6.07, 6.45) is 0. The third-order valence-corrected chi connectivity index (χ3v) is 4.49. The lowest BCUT2D eigenvalue weighted by atomic mass is 10.2. The Balaban J connectivity index is 1.94. The van der Waals surface area contributed by atoms with Crippen molar-refractivity contribution in [3.05, 3.63) is 52.2 Å². The molecular weight excluding hydrogens is 310 g/mol. The van der Waals surface area contributed by atoms with Crippen LogP contribution in [0.5, 0.6) is 0 Å². The fraction of sp³-hybridized carbons (Fsp3) is 0.353. The monoisotopic (exact) mass is 333 g/mol. The predicted molar refractivity (Wildman–Crippen MR) is 94.9 cm³/mol. The number of nitrogens with zero attached hydrogens (tertiary/aromatic N) is 1. The van der Waals surface area contributed by atoms with E-state index in [1.807, 2.05) is 49.8 Å². The molecule has 23 heavy (non-hydrogen) atoms. The minimum Gasteiger partial charge on any atom is -0.380 e. The molecule has 0 saturated heterocycles. The second-order valence-electron chi connectivity index (χ2n) is 5.42. The number of likely N-dealkylation sites (N-methyl/N-ethyl adjacent to an activating group) is 1. The summed E-state index contributed by atoms with van der Waals surface area (Å²) in [5.41, 5.74) is 1.72. The summed E-state index contributed by atoms with van der Waals surface area (Å²) < 4.78 is 5.15. The number of benzene rings is 1. The summed E-state index contributed by atoms with van der Waals surface area (Å²) in [7, 11) is 5.66. The van der Waals surface area contributed by atoms with Crippen molar-refractivity contribution in [3.63, 3.8) is 0 Å². The zero-order valence-electron chi connectivity index (χ0n) is 13.7. The summed E-state index contributed by atoms with van der Waals surface area (Å²) in [4.78, 5) is 15.5. The van der Waals surface area contributed by atoms with Crippen molar-refractivity contribution < 1.29 is 9.53 Å². The molecule has 0 saturated carbocycles. The van der Waals surface area contributed by atoms with E-state index in [1.165, 1.54) is 4.88 Å². The van der Waals surface area contributed by atoms with E-state index in [1.54, 1.807) is 18.4 Å². The molecular formula is C17H23N3O2S. The number of methoxy groups -OCH3 is 1. The van der Waals surface area contributed by atoms with Crippen LogP contribution in [0.3, 0.4) is 0 Å². The van der Waals surface area contributed by atoms with Crippen molar-refractivity contribution in [1.82, 2.24) is 10.2 Å². The van der Waals surface area contributed by atoms with Crippen LogP contribution in [0.25, 0.3) is 0 Å². The van der Waals surface area contributed by atoms with Crippen molar-refractivity contribution in [3.8, 4) is 0 Å². The summed E-state index contributed by atoms with van der Waals surface area (Å²) in [5, 5.41) is 7.88. The van der Waals surface area contributed by atoms with Gasteiger partial charge in [0.15, 0.2) is 0 Å². The molecule has 124 valence electrons. The Labute approximate surface area is 141 Å². The average molecular weight is 333 g/mol. The Morgan fingerprint density at radius 1 is 1.26 bits per heavy atom. The Morgan fingerprint density at radius 2 is 2.04 bits per heavy atom. The van der Waals surface area contributed by atoms with Gasteiger partial charge < -0.3 is 20.3 Å². The minimum absolute atomic E-state index is 0.162. The zero-order chi connectivity index (χ0) is 16.7. The Kier molecular flexibility index (Phi) is 6.58. The molecule has 2 rings (SSSR count). The Hall–Kier alpha value is -1.89. The first-order valence-electron chi connectivity index (χ1n) is 7.43. The molecule has 0 fully saturated rings. The molecule has 0 unspecified atom stereocenters. The average Bonchev–Trinajstić information content (AvgIpc) is 3.03. The van der Waals surface area contributed by atoms with Gasteiger partial charge in [0, 0.05) is 29.8 Å². The first-order valence-corrected chi connectivity index (χ1v) is 8.31. The van der Waals surface area contributed by atoms with Crippen molar-refractivity contribution in [1.29, 1.82) is 0 Å². The Bertz CT molecular complexity index is 614. The third kappa shape index (κ3) is 5.06. The van der Waals surface area contributed by atoms with Gasteiger partial charge in [0.25, 0.3) is 0 Å². The van der Waals surface area contributed by atoms with Crippen LogP contribution in [0.1, 0.15) is 16.5 Å². The summed E-state index contributed by atoms with van der Waals surface area (Å²) in [5.74, 6) is 0. The lowest BCUT2D eigenvalue weighted by Crippen LogP contribution is -2.36. The van der Waals surface area contributed by atoms with Gasteiger partial charge in [-0.05, 0) is 31.6 Å². The van der Waals surface area contributed by atoms with E-state index in [2.05, 4.69) is 21.6 Å². The molecule has 0 aliphatic heterocycles. The maximum atomic E-state index is 12.2. The van der Waals surface area contributed by atoms with Crippen molar-refractivity contribution >= 4 is 23.1 Å². The number of amides is 2. The minimum atomic E-state index is -0.211. The number of nitrogens with one attached hydrogen (secondary N) is 2. The highest BCUT2D eigenvalue weighted by Crippen LogP contribution is 2.22. The van der Waals surface area contributed by atoms with Crippen LogP contribution < -0.4 is 10.6 Å². The predicted octanol–water partition coefficient (Wildman–Crippen LogP) is 3.32. The first-order chi connectivity index (χ1) is 11.1. The standard InChI is InChI=1S/C17H23N3O2S/c1-20(2)15(16-9-6-10-23-16)11-18-17(21)19-14-8-5-4-7-13(14)12-22-3/h4-10,15H,11-12H2,1-3H3,(H2,18,19,21)/t15-/m0/s1. The molecule has 0 bridgehead atoms. The largest absolute Gasteiger partial charge is 0.380 e. The van der Waals surface area contributed by atoms with Gasteiger partial charge in [-0.15, -0.1) is 11.3 Å². The van der Waals surface area contributed by atoms with Crippen molar-refractivity contribution in [2.75, 3.05) is 33.1 Å². The van der Waals surface area contributed by atoms with Gasteiger partial charge in [-0.3, -0.25) is 0 Å². The first kappa shape index (κ1) is 17.5. The SMILES string of the molecule is COCc1ccccc1NC(=O)NC[C@@H](c1cccs1)N(C)C. The molecule has 1 aromatic carbocycles. The van der Waals surface area contributed by atoms with Gasteiger partial charge >= 0.3 is 6.03 Å². The molecule has 0 radical (unpaired) electrons. The second-order valence-corrected chi connectivity index (χ2v) is 6.40. The fourth-order valence-electron chi connectivity index (χ4n) is 2.30. The molecule has 0 spiro atoms. The van der Waals surface area contributed by atoms with Gasteiger partial charge in [0.05, 0.1) is 12.6 Å². The quantitative estimate of drug-likeness (QED) is 0.817. The number of hydrogen-bond acceptors (Lipinski definition) is 4. The number of carbonyl (C=O) groups excluding carboxylic acids is 1. The normalized spacial score (nSPS) is 12.2. The van der Waals surface area contributed by atoms with Gasteiger partial charge in [-0.1, -0.05) is 24.3 Å². The molecule has 2 N–H and O–H groups in total. The van der Waals surface area contributed by atoms with Crippen LogP contribution in [-0.2, 0) is 11.3 Å². The number of anilines is 1. The lowest BCUT2D eigenvalue weighted by Gasteiger charge is -2.23. The molecule has 1 atom stereocenters. The van der Waals surface area contributed by atoms with E-state index in [-0.39, 0.29) is 12.1 Å². The topological polar surface area (TPSA) is 53.6 Å². The molecule has 2 aromatic rings. The molecule has 5 nitrogen and oxygen atoms in total. The summed E-state index contributed by atoms with van der Waals surface area (Å²) in [6, 6.07) is 11.7. The van der Waals surface area contributed by atoms with E-state index in [0.717, 1.165) is 11.3 Å². The number of hydrogen-bond donors (Lipinski definition) is 2. The van der Waals surface area contributed by atoms with E-state index < -0.39 is 0 Å². The third-order valence-electron chi connectivity index (χ3n) is 3.52. The summed E-state index contributed by atoms with van der Waals surface area (Å²) >= 11 is 1.69. The van der Waals surface area contributed by atoms with E-state index in [9.17, 15) is 4.79 Å². The fourth-order valence-corrected chi connectivity index (χ4v) is 3.22. The lowest BCUT2D eigenvalue weighted by molar-refractivity contribution is 0.185. The highest BCUT2D eigenvalue weighted by molar-refractivity contribution is 7.10. The number of urea groups is 1. The van der Waals surface area contributed by atoms with Crippen LogP contribution in [0.4, 0.5) is 10.5 Å². The van der Waals surface area contributed by atoms with Gasteiger partial charge in [-0.25, -0.2) is 4.79 Å². The molecule has 2 amide bonds. The smallest absolute Gasteiger partial charge is 0.319 e. The number of thiophene rings is 1. The number of rotatable bonds is 7. The van der Waals surface area contributed by atoms with Gasteiger partial charge in [-0.2, -0.15) is 0 Å². The molecule has 0 aliphatic rings. The van der Waals surface area contributed by atoms with Crippen molar-refractivity contribution in [2.24, 2.45) is 0 Å². The van der Waals surface area contributed by atoms with Crippen LogP contribution in [0.2, 0.25) is 0 Å².